The summed E-state index contributed by atoms with van der Waals surface area (Å²) in [7, 11) is 3.00. The number of amides is 2. The Bertz CT molecular complexity index is 646. The van der Waals surface area contributed by atoms with Crippen molar-refractivity contribution < 1.29 is 23.9 Å². The van der Waals surface area contributed by atoms with Gasteiger partial charge in [0.15, 0.2) is 24.4 Å². The smallest absolute Gasteiger partial charge is 0.260 e. The lowest BCUT2D eigenvalue weighted by molar-refractivity contribution is -0.136. The summed E-state index contributed by atoms with van der Waals surface area (Å²) in [6.45, 7) is -0.279. The first kappa shape index (κ1) is 18.3. The van der Waals surface area contributed by atoms with Gasteiger partial charge in [0.2, 0.25) is 5.91 Å². The summed E-state index contributed by atoms with van der Waals surface area (Å²) in [6, 6.07) is 3.34. The number of halogens is 1. The molecular formula is C16H19BrN2O5. The maximum atomic E-state index is 12.1. The van der Waals surface area contributed by atoms with E-state index in [1.807, 2.05) is 0 Å². The number of nitrogens with zero attached hydrogens (tertiary/aromatic N) is 1. The fourth-order valence-corrected chi connectivity index (χ4v) is 2.38. The molecule has 7 nitrogen and oxygen atoms in total. The van der Waals surface area contributed by atoms with Gasteiger partial charge in [-0.25, -0.2) is 0 Å². The average molecular weight is 399 g/mol. The van der Waals surface area contributed by atoms with Gasteiger partial charge in [0.1, 0.15) is 0 Å². The van der Waals surface area contributed by atoms with Crippen molar-refractivity contribution in [1.82, 2.24) is 10.2 Å². The van der Waals surface area contributed by atoms with E-state index in [4.69, 9.17) is 9.47 Å². The fraction of sp³-hybridized carbons (Fsp3) is 0.438. The molecule has 130 valence electrons. The third kappa shape index (κ3) is 4.95. The van der Waals surface area contributed by atoms with E-state index in [1.54, 1.807) is 6.07 Å². The highest BCUT2D eigenvalue weighted by Gasteiger charge is 2.24. The number of carbonyl (C=O) groups is 3. The Morgan fingerprint density at radius 2 is 2.08 bits per heavy atom. The second-order valence-electron chi connectivity index (χ2n) is 5.52. The number of carbonyl (C=O) groups excluding carboxylic acids is 3. The van der Waals surface area contributed by atoms with Crippen LogP contribution in [0.3, 0.4) is 0 Å². The molecule has 1 aromatic rings. The minimum absolute atomic E-state index is 0.0181. The van der Waals surface area contributed by atoms with Crippen molar-refractivity contribution >= 4 is 34.0 Å². The highest BCUT2D eigenvalue weighted by molar-refractivity contribution is 9.10. The van der Waals surface area contributed by atoms with Crippen molar-refractivity contribution in [3.8, 4) is 11.5 Å². The zero-order chi connectivity index (χ0) is 17.7. The minimum atomic E-state index is -0.349. The molecule has 8 heteroatoms. The van der Waals surface area contributed by atoms with E-state index in [1.165, 1.54) is 25.1 Å². The lowest BCUT2D eigenvalue weighted by Crippen LogP contribution is -2.40. The van der Waals surface area contributed by atoms with Crippen molar-refractivity contribution in [2.75, 3.05) is 27.3 Å². The van der Waals surface area contributed by atoms with Crippen LogP contribution in [-0.2, 0) is 9.59 Å². The summed E-state index contributed by atoms with van der Waals surface area (Å²) in [4.78, 5) is 36.1. The lowest BCUT2D eigenvalue weighted by atomic mass is 10.2. The Morgan fingerprint density at radius 3 is 2.67 bits per heavy atom. The quantitative estimate of drug-likeness (QED) is 0.668. The van der Waals surface area contributed by atoms with Crippen LogP contribution >= 0.6 is 15.9 Å². The summed E-state index contributed by atoms with van der Waals surface area (Å²) in [5.41, 5.74) is 0.385. The lowest BCUT2D eigenvalue weighted by Gasteiger charge is -2.18. The second-order valence-corrected chi connectivity index (χ2v) is 6.38. The van der Waals surface area contributed by atoms with Crippen molar-refractivity contribution in [3.63, 3.8) is 0 Å². The van der Waals surface area contributed by atoms with E-state index < -0.39 is 0 Å². The number of benzene rings is 1. The van der Waals surface area contributed by atoms with E-state index in [-0.39, 0.29) is 36.8 Å². The van der Waals surface area contributed by atoms with Crippen LogP contribution in [0.2, 0.25) is 0 Å². The van der Waals surface area contributed by atoms with Crippen molar-refractivity contribution in [3.05, 3.63) is 22.2 Å². The molecule has 0 heterocycles. The highest BCUT2D eigenvalue weighted by Crippen LogP contribution is 2.32. The molecule has 1 N–H and O–H groups in total. The van der Waals surface area contributed by atoms with E-state index in [2.05, 4.69) is 21.2 Å². The maximum Gasteiger partial charge on any atom is 0.260 e. The van der Waals surface area contributed by atoms with Crippen molar-refractivity contribution in [2.24, 2.45) is 0 Å². The Balaban J connectivity index is 1.92. The number of methoxy groups -OCH3 is 1. The number of hydrogen-bond acceptors (Lipinski definition) is 5. The van der Waals surface area contributed by atoms with Gasteiger partial charge in [0.05, 0.1) is 13.7 Å². The van der Waals surface area contributed by atoms with E-state index in [0.717, 1.165) is 12.8 Å². The molecule has 1 aliphatic carbocycles. The molecule has 0 unspecified atom stereocenters. The molecular weight excluding hydrogens is 380 g/mol. The van der Waals surface area contributed by atoms with E-state index >= 15 is 0 Å². The van der Waals surface area contributed by atoms with Gasteiger partial charge in [0, 0.05) is 23.1 Å². The minimum Gasteiger partial charge on any atom is -0.493 e. The van der Waals surface area contributed by atoms with Crippen molar-refractivity contribution in [2.45, 2.75) is 18.9 Å². The van der Waals surface area contributed by atoms with Gasteiger partial charge in [-0.1, -0.05) is 0 Å². The molecule has 0 aliphatic heterocycles. The Kier molecular flexibility index (Phi) is 6.19. The van der Waals surface area contributed by atoms with Crippen LogP contribution in [0.25, 0.3) is 0 Å². The first-order chi connectivity index (χ1) is 11.4. The Hall–Kier alpha value is -2.09. The van der Waals surface area contributed by atoms with Gasteiger partial charge in [-0.3, -0.25) is 14.4 Å². The number of nitrogens with one attached hydrogen (secondary N) is 1. The average Bonchev–Trinajstić information content (AvgIpc) is 3.36. The number of ether oxygens (including phenoxy) is 2. The molecule has 1 aliphatic rings. The predicted molar refractivity (Wildman–Crippen MR) is 90.4 cm³/mol. The van der Waals surface area contributed by atoms with Crippen LogP contribution in [0.1, 0.15) is 23.2 Å². The van der Waals surface area contributed by atoms with Crippen LogP contribution < -0.4 is 14.8 Å². The number of likely N-dealkylation sites (N-methyl/N-ethyl adjacent to an activating group) is 1. The largest absolute Gasteiger partial charge is 0.493 e. The summed E-state index contributed by atoms with van der Waals surface area (Å²) in [5, 5.41) is 2.82. The highest BCUT2D eigenvalue weighted by atomic mass is 79.9. The SMILES string of the molecule is COc1cc(Br)c(C=O)cc1OCC(=O)N(C)CC(=O)NC1CC1. The van der Waals surface area contributed by atoms with Gasteiger partial charge in [-0.05, 0) is 40.9 Å². The van der Waals surface area contributed by atoms with E-state index in [0.29, 0.717) is 22.1 Å². The topological polar surface area (TPSA) is 84.9 Å². The molecule has 0 radical (unpaired) electrons. The molecule has 0 aromatic heterocycles. The molecule has 0 spiro atoms. The van der Waals surface area contributed by atoms with Crippen LogP contribution in [0.4, 0.5) is 0 Å². The van der Waals surface area contributed by atoms with Crippen LogP contribution in [0, 0.1) is 0 Å². The molecule has 0 atom stereocenters. The van der Waals surface area contributed by atoms with Crippen molar-refractivity contribution in [1.29, 1.82) is 0 Å². The molecule has 0 saturated heterocycles. The van der Waals surface area contributed by atoms with E-state index in [9.17, 15) is 14.4 Å². The zero-order valence-electron chi connectivity index (χ0n) is 13.5. The maximum absolute atomic E-state index is 12.1. The number of rotatable bonds is 8. The van der Waals surface area contributed by atoms with Gasteiger partial charge in [-0.15, -0.1) is 0 Å². The third-order valence-electron chi connectivity index (χ3n) is 3.51. The molecule has 1 saturated carbocycles. The summed E-state index contributed by atoms with van der Waals surface area (Å²) in [5.74, 6) is 0.151. The Labute approximate surface area is 148 Å². The summed E-state index contributed by atoms with van der Waals surface area (Å²) >= 11 is 3.25. The molecule has 2 rings (SSSR count). The van der Waals surface area contributed by atoms with Crippen LogP contribution in [0.5, 0.6) is 11.5 Å². The molecule has 2 amide bonds. The first-order valence-corrected chi connectivity index (χ1v) is 8.22. The second kappa shape index (κ2) is 8.14. The molecule has 24 heavy (non-hydrogen) atoms. The van der Waals surface area contributed by atoms with Gasteiger partial charge in [0.25, 0.3) is 5.91 Å². The third-order valence-corrected chi connectivity index (χ3v) is 4.20. The number of aldehydes is 1. The first-order valence-electron chi connectivity index (χ1n) is 7.43. The van der Waals surface area contributed by atoms with Crippen LogP contribution in [0.15, 0.2) is 16.6 Å². The van der Waals surface area contributed by atoms with Gasteiger partial charge >= 0.3 is 0 Å². The van der Waals surface area contributed by atoms with Gasteiger partial charge < -0.3 is 19.7 Å². The predicted octanol–water partition coefficient (Wildman–Crippen LogP) is 1.39. The molecule has 0 bridgehead atoms. The molecule has 1 fully saturated rings. The summed E-state index contributed by atoms with van der Waals surface area (Å²) in [6.07, 6.45) is 2.66. The molecule has 1 aromatic carbocycles. The summed E-state index contributed by atoms with van der Waals surface area (Å²) < 4.78 is 11.2. The Morgan fingerprint density at radius 1 is 1.38 bits per heavy atom. The number of hydrogen-bond donors (Lipinski definition) is 1. The monoisotopic (exact) mass is 398 g/mol. The zero-order valence-corrected chi connectivity index (χ0v) is 15.1. The van der Waals surface area contributed by atoms with Gasteiger partial charge in [-0.2, -0.15) is 0 Å². The van der Waals surface area contributed by atoms with Crippen LogP contribution in [-0.4, -0.2) is 56.4 Å². The normalized spacial score (nSPS) is 13.1. The standard InChI is InChI=1S/C16H19BrN2O5/c1-19(7-15(21)18-11-3-4-11)16(22)9-24-14-5-10(8-20)12(17)6-13(14)23-2/h5-6,8,11H,3-4,7,9H2,1-2H3,(H,18,21). The fourth-order valence-electron chi connectivity index (χ4n) is 1.97.